The van der Waals surface area contributed by atoms with Gasteiger partial charge in [0.05, 0.1) is 10.7 Å². The minimum Gasteiger partial charge on any atom is -0.506 e. The molecule has 2 aromatic heterocycles. The van der Waals surface area contributed by atoms with Gasteiger partial charge in [-0.2, -0.15) is 0 Å². The predicted octanol–water partition coefficient (Wildman–Crippen LogP) is 7.50. The molecule has 0 saturated heterocycles. The molecule has 6 nitrogen and oxygen atoms in total. The molecule has 0 fully saturated rings. The van der Waals surface area contributed by atoms with Crippen molar-refractivity contribution < 1.29 is 14.3 Å². The Kier molecular flexibility index (Phi) is 12.5. The quantitative estimate of drug-likeness (QED) is 0.215. The summed E-state index contributed by atoms with van der Waals surface area (Å²) in [5.41, 5.74) is 10.8. The van der Waals surface area contributed by atoms with Crippen molar-refractivity contribution in [3.05, 3.63) is 87.4 Å². The maximum Gasteiger partial charge on any atom is 0.251 e. The molecule has 214 valence electrons. The molecule has 0 radical (unpaired) electrons. The Bertz CT molecular complexity index is 1460. The number of fused-ring (bicyclic) bond motifs is 1. The molecule has 0 spiro atoms. The lowest BCUT2D eigenvalue weighted by Crippen LogP contribution is -2.26. The molecule has 4 N–H and O–H groups in total. The summed E-state index contributed by atoms with van der Waals surface area (Å²) >= 11 is 6.05. The number of pyridine rings is 2. The van der Waals surface area contributed by atoms with E-state index in [9.17, 15) is 14.3 Å². The fraction of sp³-hybridized carbons (Fsp3) is 0.344. The van der Waals surface area contributed by atoms with Gasteiger partial charge in [-0.15, -0.1) is 0 Å². The summed E-state index contributed by atoms with van der Waals surface area (Å²) < 4.78 is 13.8. The van der Waals surface area contributed by atoms with Crippen LogP contribution in [0.1, 0.15) is 72.8 Å². The third-order valence-corrected chi connectivity index (χ3v) is 6.82. The summed E-state index contributed by atoms with van der Waals surface area (Å²) in [6.45, 7) is 12.6. The summed E-state index contributed by atoms with van der Waals surface area (Å²) in [4.78, 5) is 21.9. The minimum absolute atomic E-state index is 0.0290. The van der Waals surface area contributed by atoms with Gasteiger partial charge < -0.3 is 16.2 Å². The number of rotatable bonds is 7. The predicted molar refractivity (Wildman–Crippen MR) is 164 cm³/mol. The Balaban J connectivity index is 0.00000134. The number of nitrogens with one attached hydrogen (secondary N) is 1. The number of aromatic hydroxyl groups is 1. The molecule has 1 unspecified atom stereocenters. The van der Waals surface area contributed by atoms with Gasteiger partial charge in [-0.25, -0.2) is 4.39 Å². The van der Waals surface area contributed by atoms with Crippen molar-refractivity contribution in [2.45, 2.75) is 60.3 Å². The number of halogens is 2. The number of nitrogens with zero attached hydrogens (tertiary/aromatic N) is 2. The van der Waals surface area contributed by atoms with E-state index in [1.807, 2.05) is 33.8 Å². The molecule has 0 saturated carbocycles. The van der Waals surface area contributed by atoms with E-state index in [4.69, 9.17) is 16.6 Å². The van der Waals surface area contributed by atoms with Crippen LogP contribution in [0.2, 0.25) is 5.02 Å². The highest BCUT2D eigenvalue weighted by molar-refractivity contribution is 6.31. The largest absolute Gasteiger partial charge is 0.506 e. The zero-order chi connectivity index (χ0) is 30.0. The fourth-order valence-corrected chi connectivity index (χ4v) is 4.53. The first kappa shape index (κ1) is 32.7. The molecule has 0 aliphatic carbocycles. The number of nitrogens with two attached hydrogens (primary N) is 1. The number of benzene rings is 2. The van der Waals surface area contributed by atoms with Gasteiger partial charge in [0.1, 0.15) is 17.1 Å². The van der Waals surface area contributed by atoms with E-state index < -0.39 is 5.82 Å². The highest BCUT2D eigenvalue weighted by atomic mass is 35.5. The first-order valence-electron chi connectivity index (χ1n) is 13.6. The number of phenolic OH excluding ortho intramolecular Hbond substituents is 1. The Morgan fingerprint density at radius 3 is 2.48 bits per heavy atom. The topological polar surface area (TPSA) is 101 Å². The van der Waals surface area contributed by atoms with Crippen LogP contribution in [0.3, 0.4) is 0 Å². The maximum absolute atomic E-state index is 13.8. The molecule has 40 heavy (non-hydrogen) atoms. The number of aromatic nitrogens is 2. The van der Waals surface area contributed by atoms with E-state index in [1.54, 1.807) is 24.4 Å². The summed E-state index contributed by atoms with van der Waals surface area (Å²) in [5.74, 6) is -0.467. The van der Waals surface area contributed by atoms with Crippen molar-refractivity contribution >= 4 is 28.4 Å². The second-order valence-corrected chi connectivity index (χ2v) is 9.61. The normalized spacial score (nSPS) is 11.2. The summed E-state index contributed by atoms with van der Waals surface area (Å²) in [6.07, 6.45) is 3.15. The van der Waals surface area contributed by atoms with Gasteiger partial charge in [0, 0.05) is 41.4 Å². The van der Waals surface area contributed by atoms with Crippen LogP contribution >= 0.6 is 11.6 Å². The molecule has 8 heteroatoms. The lowest BCUT2D eigenvalue weighted by Gasteiger charge is -2.18. The number of hydrogen-bond acceptors (Lipinski definition) is 5. The van der Waals surface area contributed by atoms with Crippen molar-refractivity contribution in [3.63, 3.8) is 0 Å². The molecular formula is C32H40ClFN4O2. The van der Waals surface area contributed by atoms with Gasteiger partial charge in [0.2, 0.25) is 0 Å². The second-order valence-electron chi connectivity index (χ2n) is 9.20. The molecular weight excluding hydrogens is 527 g/mol. The zero-order valence-corrected chi connectivity index (χ0v) is 25.2. The van der Waals surface area contributed by atoms with Gasteiger partial charge in [-0.05, 0) is 92.4 Å². The molecule has 1 amide bonds. The summed E-state index contributed by atoms with van der Waals surface area (Å²) in [7, 11) is 1.50. The summed E-state index contributed by atoms with van der Waals surface area (Å²) in [5, 5.41) is 14.0. The zero-order valence-electron chi connectivity index (χ0n) is 24.4. The number of phenols is 1. The molecule has 4 aromatic rings. The summed E-state index contributed by atoms with van der Waals surface area (Å²) in [6, 6.07) is 11.8. The third-order valence-electron chi connectivity index (χ3n) is 6.53. The van der Waals surface area contributed by atoms with E-state index in [0.717, 1.165) is 34.5 Å². The number of carbonyl (C=O) groups is 1. The van der Waals surface area contributed by atoms with Crippen molar-refractivity contribution in [2.75, 3.05) is 13.6 Å². The van der Waals surface area contributed by atoms with E-state index in [-0.39, 0.29) is 16.7 Å². The highest BCUT2D eigenvalue weighted by Crippen LogP contribution is 2.32. The van der Waals surface area contributed by atoms with E-state index >= 15 is 0 Å². The fourth-order valence-electron chi connectivity index (χ4n) is 4.35. The molecule has 0 aliphatic heterocycles. The molecule has 2 aromatic carbocycles. The van der Waals surface area contributed by atoms with Gasteiger partial charge in [0.25, 0.3) is 5.91 Å². The van der Waals surface area contributed by atoms with Crippen LogP contribution in [0.5, 0.6) is 5.75 Å². The SMILES string of the molecule is CC.CCC(C)c1cc(CCNC(=O)c2cc(O)c3ncc(C)cc3c2)nc(-c2ccc(F)c(Cl)c2)c1C.CN. The lowest BCUT2D eigenvalue weighted by atomic mass is 9.91. The molecule has 0 bridgehead atoms. The Labute approximate surface area is 241 Å². The van der Waals surface area contributed by atoms with Crippen LogP contribution in [0.25, 0.3) is 22.2 Å². The van der Waals surface area contributed by atoms with Crippen molar-refractivity contribution in [3.8, 4) is 17.0 Å². The molecule has 1 atom stereocenters. The van der Waals surface area contributed by atoms with Gasteiger partial charge in [-0.3, -0.25) is 14.8 Å². The van der Waals surface area contributed by atoms with Crippen LogP contribution in [-0.2, 0) is 6.42 Å². The van der Waals surface area contributed by atoms with Crippen molar-refractivity contribution in [2.24, 2.45) is 5.73 Å². The average Bonchev–Trinajstić information content (AvgIpc) is 2.96. The molecule has 0 aliphatic rings. The smallest absolute Gasteiger partial charge is 0.251 e. The van der Waals surface area contributed by atoms with Gasteiger partial charge in [0.15, 0.2) is 0 Å². The van der Waals surface area contributed by atoms with Crippen molar-refractivity contribution in [1.29, 1.82) is 0 Å². The van der Waals surface area contributed by atoms with Crippen LogP contribution in [0, 0.1) is 19.7 Å². The molecule has 4 rings (SSSR count). The first-order valence-corrected chi connectivity index (χ1v) is 14.0. The van der Waals surface area contributed by atoms with Crippen LogP contribution in [0.4, 0.5) is 4.39 Å². The van der Waals surface area contributed by atoms with E-state index in [2.05, 4.69) is 35.9 Å². The first-order chi connectivity index (χ1) is 19.2. The maximum atomic E-state index is 13.8. The van der Waals surface area contributed by atoms with E-state index in [0.29, 0.717) is 35.3 Å². The van der Waals surface area contributed by atoms with Gasteiger partial charge in [-0.1, -0.05) is 39.3 Å². The van der Waals surface area contributed by atoms with Crippen LogP contribution < -0.4 is 11.1 Å². The average molecular weight is 567 g/mol. The number of amides is 1. The second kappa shape index (κ2) is 15.3. The number of aryl methyl sites for hydroxylation is 1. The highest BCUT2D eigenvalue weighted by Gasteiger charge is 2.17. The Hall–Kier alpha value is -3.55. The lowest BCUT2D eigenvalue weighted by molar-refractivity contribution is 0.0954. The number of hydrogen-bond donors (Lipinski definition) is 3. The van der Waals surface area contributed by atoms with Gasteiger partial charge >= 0.3 is 0 Å². The Morgan fingerprint density at radius 1 is 1.12 bits per heavy atom. The van der Waals surface area contributed by atoms with Crippen LogP contribution in [-0.4, -0.2) is 34.6 Å². The molecule has 2 heterocycles. The number of carbonyl (C=O) groups excluding carboxylic acids is 1. The standard InChI is InChI=1S/C29H29ClFN3O2.C2H6.CH5N/c1-5-17(3)23-14-22(34-27(18(23)4)19-6-7-25(31)24(30)12-19)8-9-32-29(36)21-11-20-10-16(2)15-33-28(20)26(35)13-21;2*1-2/h6-7,10-15,17,35H,5,8-9H2,1-4H3,(H,32,36);1-2H3;2H2,1H3. The third kappa shape index (κ3) is 7.77. The Morgan fingerprint density at radius 2 is 1.82 bits per heavy atom. The van der Waals surface area contributed by atoms with E-state index in [1.165, 1.54) is 24.7 Å². The minimum atomic E-state index is -0.468. The van der Waals surface area contributed by atoms with Crippen molar-refractivity contribution in [1.82, 2.24) is 15.3 Å². The van der Waals surface area contributed by atoms with Crippen LogP contribution in [0.15, 0.2) is 48.7 Å². The monoisotopic (exact) mass is 566 g/mol.